The second-order valence-corrected chi connectivity index (χ2v) is 9.37. The molecule has 0 atom stereocenters. The summed E-state index contributed by atoms with van der Waals surface area (Å²) in [5.74, 6) is 0.0567. The van der Waals surface area contributed by atoms with E-state index in [0.717, 1.165) is 35.7 Å². The van der Waals surface area contributed by atoms with E-state index in [1.807, 2.05) is 53.1 Å². The Bertz CT molecular complexity index is 1360. The van der Waals surface area contributed by atoms with Crippen molar-refractivity contribution >= 4 is 22.2 Å². The Morgan fingerprint density at radius 2 is 1.88 bits per heavy atom. The predicted molar refractivity (Wildman–Crippen MR) is 128 cm³/mol. The lowest BCUT2D eigenvalue weighted by Gasteiger charge is -2.34. The number of aryl methyl sites for hydroxylation is 2. The minimum Gasteiger partial charge on any atom is -0.336 e. The van der Waals surface area contributed by atoms with Crippen LogP contribution >= 0.6 is 11.3 Å². The fourth-order valence-electron chi connectivity index (χ4n) is 4.30. The lowest BCUT2D eigenvalue weighted by molar-refractivity contribution is 0.0627. The second kappa shape index (κ2) is 8.92. The van der Waals surface area contributed by atoms with Gasteiger partial charge < -0.3 is 4.90 Å². The fraction of sp³-hybridized carbons (Fsp3) is 0.333. The minimum atomic E-state index is -0.0505. The Hall–Kier alpha value is -3.30. The summed E-state index contributed by atoms with van der Waals surface area (Å²) >= 11 is 1.46. The van der Waals surface area contributed by atoms with E-state index in [4.69, 9.17) is 0 Å². The Morgan fingerprint density at radius 1 is 1.06 bits per heavy atom. The number of fused-ring (bicyclic) bond motifs is 1. The van der Waals surface area contributed by atoms with Crippen molar-refractivity contribution < 1.29 is 4.79 Å². The van der Waals surface area contributed by atoms with Crippen LogP contribution in [-0.4, -0.2) is 61.1 Å². The molecule has 0 unspecified atom stereocenters. The third kappa shape index (κ3) is 4.60. The van der Waals surface area contributed by atoms with Crippen molar-refractivity contribution in [3.63, 3.8) is 0 Å². The van der Waals surface area contributed by atoms with E-state index in [9.17, 15) is 9.59 Å². The molecule has 1 aliphatic rings. The average molecular weight is 463 g/mol. The van der Waals surface area contributed by atoms with Gasteiger partial charge in [-0.05, 0) is 37.6 Å². The van der Waals surface area contributed by atoms with Gasteiger partial charge in [-0.1, -0.05) is 12.1 Å². The van der Waals surface area contributed by atoms with Crippen LogP contribution in [0.2, 0.25) is 0 Å². The van der Waals surface area contributed by atoms with Gasteiger partial charge in [0.2, 0.25) is 0 Å². The van der Waals surface area contributed by atoms with Gasteiger partial charge in [0.15, 0.2) is 4.96 Å². The topological polar surface area (TPSA) is 75.7 Å². The Kier molecular flexibility index (Phi) is 5.82. The zero-order valence-electron chi connectivity index (χ0n) is 18.8. The molecule has 170 valence electrons. The third-order valence-electron chi connectivity index (χ3n) is 6.01. The van der Waals surface area contributed by atoms with Crippen molar-refractivity contribution in [2.45, 2.75) is 26.9 Å². The van der Waals surface area contributed by atoms with Gasteiger partial charge in [0.1, 0.15) is 0 Å². The maximum Gasteiger partial charge on any atom is 0.258 e. The normalized spacial score (nSPS) is 14.8. The molecule has 4 heterocycles. The number of benzene rings is 1. The molecule has 1 aliphatic heterocycles. The molecule has 9 heteroatoms. The van der Waals surface area contributed by atoms with Crippen molar-refractivity contribution in [1.29, 1.82) is 0 Å². The van der Waals surface area contributed by atoms with E-state index in [-0.39, 0.29) is 11.5 Å². The fourth-order valence-corrected chi connectivity index (χ4v) is 5.04. The van der Waals surface area contributed by atoms with Gasteiger partial charge >= 0.3 is 0 Å². The number of carbonyl (C=O) groups is 1. The minimum absolute atomic E-state index is 0.0505. The van der Waals surface area contributed by atoms with Gasteiger partial charge in [-0.25, -0.2) is 4.98 Å². The molecule has 4 aromatic rings. The number of hydrogen-bond acceptors (Lipinski definition) is 6. The van der Waals surface area contributed by atoms with Crippen LogP contribution in [0.15, 0.2) is 52.8 Å². The van der Waals surface area contributed by atoms with Crippen LogP contribution in [0.25, 0.3) is 4.96 Å². The first-order valence-corrected chi connectivity index (χ1v) is 11.9. The van der Waals surface area contributed by atoms with Crippen molar-refractivity contribution in [1.82, 2.24) is 29.0 Å². The molecular weight excluding hydrogens is 436 g/mol. The van der Waals surface area contributed by atoms with Crippen LogP contribution in [0.4, 0.5) is 0 Å². The molecule has 1 amide bonds. The third-order valence-corrected chi connectivity index (χ3v) is 6.77. The number of hydrogen-bond donors (Lipinski definition) is 0. The smallest absolute Gasteiger partial charge is 0.258 e. The van der Waals surface area contributed by atoms with Gasteiger partial charge in [0, 0.05) is 61.6 Å². The lowest BCUT2D eigenvalue weighted by atomic mass is 10.1. The number of nitrogens with zero attached hydrogens (tertiary/aromatic N) is 6. The van der Waals surface area contributed by atoms with E-state index in [1.54, 1.807) is 16.7 Å². The summed E-state index contributed by atoms with van der Waals surface area (Å²) in [5, 5.41) is 6.39. The van der Waals surface area contributed by atoms with Gasteiger partial charge in [-0.3, -0.25) is 23.6 Å². The van der Waals surface area contributed by atoms with E-state index in [0.29, 0.717) is 36.7 Å². The summed E-state index contributed by atoms with van der Waals surface area (Å²) in [4.78, 5) is 34.8. The van der Waals surface area contributed by atoms with E-state index in [2.05, 4.69) is 21.0 Å². The first-order chi connectivity index (χ1) is 16.0. The number of carbonyl (C=O) groups excluding carboxylic acids is 1. The van der Waals surface area contributed by atoms with Crippen LogP contribution in [0.5, 0.6) is 0 Å². The quantitative estimate of drug-likeness (QED) is 0.456. The average Bonchev–Trinajstić information content (AvgIpc) is 3.40. The molecule has 5 rings (SSSR count). The molecule has 0 saturated carbocycles. The maximum atomic E-state index is 13.1. The van der Waals surface area contributed by atoms with Gasteiger partial charge in [-0.15, -0.1) is 11.3 Å². The molecule has 33 heavy (non-hydrogen) atoms. The summed E-state index contributed by atoms with van der Waals surface area (Å²) in [6, 6.07) is 11.5. The zero-order valence-corrected chi connectivity index (χ0v) is 19.6. The highest BCUT2D eigenvalue weighted by Gasteiger charge is 2.23. The molecule has 1 saturated heterocycles. The molecular formula is C24H26N6O2S. The summed E-state index contributed by atoms with van der Waals surface area (Å²) in [7, 11) is 0. The SMILES string of the molecule is Cc1cc(C)n(Cc2cccc(C(=O)N3CCN(Cc4cc(=O)n5ccsc5n4)CC3)c2)n1. The zero-order chi connectivity index (χ0) is 22.9. The Morgan fingerprint density at radius 3 is 2.64 bits per heavy atom. The van der Waals surface area contributed by atoms with E-state index >= 15 is 0 Å². The highest BCUT2D eigenvalue weighted by molar-refractivity contribution is 7.15. The summed E-state index contributed by atoms with van der Waals surface area (Å²) in [6.07, 6.45) is 1.75. The number of piperazine rings is 1. The second-order valence-electron chi connectivity index (χ2n) is 8.49. The molecule has 0 radical (unpaired) electrons. The standard InChI is InChI=1S/C24H26N6O2S/c1-17-12-18(2)30(26-17)15-19-4-3-5-20(13-19)23(32)28-8-6-27(7-9-28)16-21-14-22(31)29-10-11-33-24(29)25-21/h3-5,10-14H,6-9,15-16H2,1-2H3. The summed E-state index contributed by atoms with van der Waals surface area (Å²) < 4.78 is 3.53. The number of amides is 1. The van der Waals surface area contributed by atoms with Crippen LogP contribution in [0.1, 0.15) is 33.0 Å². The van der Waals surface area contributed by atoms with Crippen LogP contribution in [0, 0.1) is 13.8 Å². The summed E-state index contributed by atoms with van der Waals surface area (Å²) in [6.45, 7) is 8.10. The van der Waals surface area contributed by atoms with Gasteiger partial charge in [0.25, 0.3) is 11.5 Å². The molecule has 3 aromatic heterocycles. The number of aromatic nitrogens is 4. The first-order valence-electron chi connectivity index (χ1n) is 11.0. The van der Waals surface area contributed by atoms with Crippen molar-refractivity contribution in [2.24, 2.45) is 0 Å². The lowest BCUT2D eigenvalue weighted by Crippen LogP contribution is -2.48. The van der Waals surface area contributed by atoms with Crippen molar-refractivity contribution in [2.75, 3.05) is 26.2 Å². The monoisotopic (exact) mass is 462 g/mol. The molecule has 0 bridgehead atoms. The Balaban J connectivity index is 1.21. The largest absolute Gasteiger partial charge is 0.336 e. The van der Waals surface area contributed by atoms with Crippen LogP contribution in [0.3, 0.4) is 0 Å². The van der Waals surface area contributed by atoms with Crippen LogP contribution < -0.4 is 5.56 Å². The molecule has 1 aromatic carbocycles. The molecule has 0 N–H and O–H groups in total. The highest BCUT2D eigenvalue weighted by atomic mass is 32.1. The molecule has 0 spiro atoms. The number of thiazole rings is 1. The van der Waals surface area contributed by atoms with Crippen molar-refractivity contribution in [3.8, 4) is 0 Å². The first kappa shape index (κ1) is 21.5. The van der Waals surface area contributed by atoms with Crippen LogP contribution in [-0.2, 0) is 13.1 Å². The van der Waals surface area contributed by atoms with Gasteiger partial charge in [0.05, 0.1) is 17.9 Å². The predicted octanol–water partition coefficient (Wildman–Crippen LogP) is 2.58. The maximum absolute atomic E-state index is 13.1. The van der Waals surface area contributed by atoms with E-state index in [1.165, 1.54) is 11.3 Å². The Labute approximate surface area is 195 Å². The molecule has 0 aliphatic carbocycles. The van der Waals surface area contributed by atoms with E-state index < -0.39 is 0 Å². The number of rotatable bonds is 5. The molecule has 1 fully saturated rings. The van der Waals surface area contributed by atoms with Gasteiger partial charge in [-0.2, -0.15) is 5.10 Å². The summed E-state index contributed by atoms with van der Waals surface area (Å²) in [5.41, 5.74) is 4.60. The molecule has 8 nitrogen and oxygen atoms in total. The highest BCUT2D eigenvalue weighted by Crippen LogP contribution is 2.15. The van der Waals surface area contributed by atoms with Crippen molar-refractivity contribution in [3.05, 3.63) is 86.5 Å².